The molecule has 0 unspecified atom stereocenters. The smallest absolute Gasteiger partial charge is 0.243 e. The quantitative estimate of drug-likeness (QED) is 0.725. The van der Waals surface area contributed by atoms with E-state index >= 15 is 0 Å². The van der Waals surface area contributed by atoms with Crippen LogP contribution in [0.25, 0.3) is 0 Å². The van der Waals surface area contributed by atoms with Crippen molar-refractivity contribution in [3.8, 4) is 0 Å². The fourth-order valence-corrected chi connectivity index (χ4v) is 3.72. The summed E-state index contributed by atoms with van der Waals surface area (Å²) in [6.07, 6.45) is 0.661. The third-order valence-corrected chi connectivity index (χ3v) is 4.77. The molecule has 1 rings (SSSR count). The minimum Gasteiger partial charge on any atom is -0.395 e. The van der Waals surface area contributed by atoms with Gasteiger partial charge in [0, 0.05) is 18.7 Å². The zero-order valence-electron chi connectivity index (χ0n) is 10.7. The minimum absolute atomic E-state index is 0.0413. The predicted octanol–water partition coefficient (Wildman–Crippen LogP) is 0.714. The number of aliphatic hydroxyl groups is 1. The molecule has 7 heteroatoms. The normalized spacial score (nSPS) is 11.7. The van der Waals surface area contributed by atoms with Crippen molar-refractivity contribution in [1.82, 2.24) is 4.31 Å². The molecular weight excluding hydrogens is 284 g/mol. The monoisotopic (exact) mass is 302 g/mol. The molecule has 0 radical (unpaired) electrons. The molecule has 1 aromatic rings. The van der Waals surface area contributed by atoms with E-state index in [9.17, 15) is 8.42 Å². The molecule has 106 valence electrons. The van der Waals surface area contributed by atoms with Crippen LogP contribution in [0.4, 0.5) is 0 Å². The van der Waals surface area contributed by atoms with Crippen LogP contribution in [0, 0.1) is 0 Å². The van der Waals surface area contributed by atoms with Crippen molar-refractivity contribution in [3.63, 3.8) is 0 Å². The van der Waals surface area contributed by atoms with Crippen molar-refractivity contribution in [2.24, 2.45) is 5.73 Å². The third-order valence-electron chi connectivity index (χ3n) is 2.59. The predicted molar refractivity (Wildman–Crippen MR) is 78.5 cm³/mol. The molecule has 0 fully saturated rings. The Kier molecular flexibility index (Phi) is 5.86. The Morgan fingerprint density at radius 1 is 1.37 bits per heavy atom. The number of nitrogens with zero attached hydrogens (tertiary/aromatic N) is 1. The molecule has 3 N–H and O–H groups in total. The van der Waals surface area contributed by atoms with Crippen LogP contribution < -0.4 is 5.73 Å². The van der Waals surface area contributed by atoms with E-state index in [2.05, 4.69) is 0 Å². The van der Waals surface area contributed by atoms with Crippen molar-refractivity contribution in [1.29, 1.82) is 0 Å². The summed E-state index contributed by atoms with van der Waals surface area (Å²) in [4.78, 5) is 0.129. The minimum atomic E-state index is -3.70. The van der Waals surface area contributed by atoms with E-state index in [1.54, 1.807) is 18.2 Å². The molecule has 0 spiro atoms. The maximum atomic E-state index is 12.5. The number of hydrogen-bond acceptors (Lipinski definition) is 4. The molecule has 1 aromatic carbocycles. The van der Waals surface area contributed by atoms with Crippen molar-refractivity contribution in [3.05, 3.63) is 29.8 Å². The van der Waals surface area contributed by atoms with Crippen molar-refractivity contribution < 1.29 is 13.5 Å². The van der Waals surface area contributed by atoms with Crippen LogP contribution in [0.1, 0.15) is 18.9 Å². The number of benzene rings is 1. The van der Waals surface area contributed by atoms with Gasteiger partial charge >= 0.3 is 0 Å². The van der Waals surface area contributed by atoms with Crippen LogP contribution >= 0.6 is 12.2 Å². The summed E-state index contributed by atoms with van der Waals surface area (Å²) in [5, 5.41) is 9.00. The molecule has 0 saturated carbocycles. The lowest BCUT2D eigenvalue weighted by Gasteiger charge is -2.22. The van der Waals surface area contributed by atoms with Gasteiger partial charge in [-0.25, -0.2) is 8.42 Å². The third kappa shape index (κ3) is 3.73. The average molecular weight is 302 g/mol. The van der Waals surface area contributed by atoms with Gasteiger partial charge in [0.15, 0.2) is 0 Å². The number of nitrogens with two attached hydrogens (primary N) is 1. The summed E-state index contributed by atoms with van der Waals surface area (Å²) >= 11 is 4.88. The zero-order valence-corrected chi connectivity index (χ0v) is 12.4. The number of hydrogen-bond donors (Lipinski definition) is 2. The molecule has 0 aliphatic heterocycles. The summed E-state index contributed by atoms with van der Waals surface area (Å²) in [5.74, 6) is 0. The van der Waals surface area contributed by atoms with Gasteiger partial charge in [-0.05, 0) is 12.5 Å². The van der Waals surface area contributed by atoms with Crippen LogP contribution in [-0.2, 0) is 10.0 Å². The molecule has 0 aliphatic rings. The van der Waals surface area contributed by atoms with E-state index in [0.29, 0.717) is 18.5 Å². The second-order valence-electron chi connectivity index (χ2n) is 3.99. The number of aliphatic hydroxyl groups excluding tert-OH is 1. The lowest BCUT2D eigenvalue weighted by atomic mass is 10.2. The Labute approximate surface area is 119 Å². The lowest BCUT2D eigenvalue weighted by molar-refractivity contribution is 0.253. The highest BCUT2D eigenvalue weighted by molar-refractivity contribution is 7.89. The van der Waals surface area contributed by atoms with Crippen LogP contribution in [0.15, 0.2) is 29.2 Å². The Bertz CT molecular complexity index is 538. The fourth-order valence-electron chi connectivity index (χ4n) is 1.75. The largest absolute Gasteiger partial charge is 0.395 e. The van der Waals surface area contributed by atoms with Crippen LogP contribution in [0.3, 0.4) is 0 Å². The maximum absolute atomic E-state index is 12.5. The molecule has 5 nitrogen and oxygen atoms in total. The van der Waals surface area contributed by atoms with Crippen LogP contribution in [0.5, 0.6) is 0 Å². The van der Waals surface area contributed by atoms with Gasteiger partial charge in [0.1, 0.15) is 4.99 Å². The van der Waals surface area contributed by atoms with Crippen LogP contribution in [-0.4, -0.2) is 42.5 Å². The summed E-state index contributed by atoms with van der Waals surface area (Å²) in [5.41, 5.74) is 5.89. The van der Waals surface area contributed by atoms with Gasteiger partial charge in [0.2, 0.25) is 10.0 Å². The molecule has 19 heavy (non-hydrogen) atoms. The fraction of sp³-hybridized carbons (Fsp3) is 0.417. The van der Waals surface area contributed by atoms with Crippen molar-refractivity contribution in [2.75, 3.05) is 19.7 Å². The van der Waals surface area contributed by atoms with Gasteiger partial charge in [0.05, 0.1) is 11.5 Å². The summed E-state index contributed by atoms with van der Waals surface area (Å²) in [7, 11) is -3.70. The Balaban J connectivity index is 3.29. The first kappa shape index (κ1) is 16.0. The molecule has 0 aliphatic carbocycles. The van der Waals surface area contributed by atoms with Gasteiger partial charge in [-0.3, -0.25) is 0 Å². The zero-order chi connectivity index (χ0) is 14.5. The standard InChI is InChI=1S/C12H18N2O3S2/c1-2-7-14(8-9-15)19(16,17)11-6-4-3-5-10(11)12(13)18/h3-6,15H,2,7-9H2,1H3,(H2,13,18). The van der Waals surface area contributed by atoms with Crippen LogP contribution in [0.2, 0.25) is 0 Å². The molecule has 0 saturated heterocycles. The molecule has 0 bridgehead atoms. The number of thiocarbonyl (C=S) groups is 1. The molecule has 0 heterocycles. The van der Waals surface area contributed by atoms with Gasteiger partial charge in [0.25, 0.3) is 0 Å². The number of sulfonamides is 1. The van der Waals surface area contributed by atoms with E-state index in [1.165, 1.54) is 10.4 Å². The first-order valence-electron chi connectivity index (χ1n) is 5.95. The highest BCUT2D eigenvalue weighted by Gasteiger charge is 2.26. The molecule has 0 aromatic heterocycles. The first-order valence-corrected chi connectivity index (χ1v) is 7.79. The molecule has 0 amide bonds. The maximum Gasteiger partial charge on any atom is 0.243 e. The van der Waals surface area contributed by atoms with E-state index < -0.39 is 10.0 Å². The lowest BCUT2D eigenvalue weighted by Crippen LogP contribution is -2.35. The topological polar surface area (TPSA) is 83.6 Å². The SMILES string of the molecule is CCCN(CCO)S(=O)(=O)c1ccccc1C(N)=S. The molecule has 0 atom stereocenters. The van der Waals surface area contributed by atoms with E-state index in [1.807, 2.05) is 6.92 Å². The second kappa shape index (κ2) is 6.95. The number of rotatable bonds is 7. The highest BCUT2D eigenvalue weighted by atomic mass is 32.2. The summed E-state index contributed by atoms with van der Waals surface area (Å²) in [6.45, 7) is 2.05. The Hall–Kier alpha value is -1.02. The summed E-state index contributed by atoms with van der Waals surface area (Å²) in [6, 6.07) is 6.36. The van der Waals surface area contributed by atoms with Gasteiger partial charge < -0.3 is 10.8 Å². The van der Waals surface area contributed by atoms with E-state index in [0.717, 1.165) is 0 Å². The highest BCUT2D eigenvalue weighted by Crippen LogP contribution is 2.20. The van der Waals surface area contributed by atoms with Gasteiger partial charge in [-0.1, -0.05) is 37.3 Å². The Morgan fingerprint density at radius 3 is 2.53 bits per heavy atom. The van der Waals surface area contributed by atoms with Crippen molar-refractivity contribution in [2.45, 2.75) is 18.2 Å². The van der Waals surface area contributed by atoms with Crippen molar-refractivity contribution >= 4 is 27.2 Å². The second-order valence-corrected chi connectivity index (χ2v) is 6.33. The first-order chi connectivity index (χ1) is 8.95. The van der Waals surface area contributed by atoms with Gasteiger partial charge in [-0.2, -0.15) is 4.31 Å². The van der Waals surface area contributed by atoms with Gasteiger partial charge in [-0.15, -0.1) is 0 Å². The van der Waals surface area contributed by atoms with E-state index in [-0.39, 0.29) is 23.0 Å². The Morgan fingerprint density at radius 2 is 2.00 bits per heavy atom. The average Bonchev–Trinajstić information content (AvgIpc) is 2.38. The summed E-state index contributed by atoms with van der Waals surface area (Å²) < 4.78 is 26.3. The molecular formula is C12H18N2O3S2. The van der Waals surface area contributed by atoms with E-state index in [4.69, 9.17) is 23.1 Å².